The third-order valence-electron chi connectivity index (χ3n) is 4.04. The van der Waals surface area contributed by atoms with Crippen molar-refractivity contribution in [1.82, 2.24) is 14.7 Å². The van der Waals surface area contributed by atoms with Gasteiger partial charge in [-0.15, -0.1) is 0 Å². The van der Waals surface area contributed by atoms with Crippen molar-refractivity contribution in [2.45, 2.75) is 37.8 Å². The topological polar surface area (TPSA) is 59.1 Å². The highest BCUT2D eigenvalue weighted by molar-refractivity contribution is 5.60. The molecule has 3 N–H and O–H groups in total. The first-order valence-corrected chi connectivity index (χ1v) is 6.54. The van der Waals surface area contributed by atoms with Gasteiger partial charge in [-0.1, -0.05) is 6.42 Å². The van der Waals surface area contributed by atoms with Crippen LogP contribution in [0.3, 0.4) is 0 Å². The quantitative estimate of drug-likeness (QED) is 0.804. The third-order valence-corrected chi connectivity index (χ3v) is 4.04. The summed E-state index contributed by atoms with van der Waals surface area (Å²) in [7, 11) is 1.91. The molecule has 2 atom stereocenters. The minimum atomic E-state index is 0.521. The van der Waals surface area contributed by atoms with E-state index in [0.717, 1.165) is 11.5 Å². The van der Waals surface area contributed by atoms with Crippen molar-refractivity contribution in [3.8, 4) is 0 Å². The molecule has 0 aromatic carbocycles. The third kappa shape index (κ3) is 1.99. The van der Waals surface area contributed by atoms with Crippen LogP contribution in [0.15, 0.2) is 6.20 Å². The summed E-state index contributed by atoms with van der Waals surface area (Å²) < 4.78 is 1.77. The highest BCUT2D eigenvalue weighted by atomic mass is 15.3. The van der Waals surface area contributed by atoms with E-state index in [1.807, 2.05) is 13.2 Å². The van der Waals surface area contributed by atoms with E-state index in [9.17, 15) is 0 Å². The Kier molecular flexibility index (Phi) is 2.70. The van der Waals surface area contributed by atoms with Gasteiger partial charge in [0.2, 0.25) is 0 Å². The maximum atomic E-state index is 5.93. The highest BCUT2D eigenvalue weighted by Crippen LogP contribution is 2.30. The number of piperidine rings is 1. The predicted molar refractivity (Wildman–Crippen MR) is 68.9 cm³/mol. The first-order valence-electron chi connectivity index (χ1n) is 6.54. The number of nitrogens with two attached hydrogens (primary N) is 1. The molecule has 0 radical (unpaired) electrons. The second-order valence-corrected chi connectivity index (χ2v) is 5.25. The van der Waals surface area contributed by atoms with Crippen molar-refractivity contribution in [1.29, 1.82) is 0 Å². The molecule has 3 rings (SSSR count). The van der Waals surface area contributed by atoms with E-state index in [0.29, 0.717) is 12.1 Å². The first kappa shape index (κ1) is 10.9. The number of fused-ring (bicyclic) bond motifs is 1. The molecule has 2 fully saturated rings. The molecule has 0 aliphatic carbocycles. The molecular weight excluding hydrogens is 214 g/mol. The molecule has 2 aliphatic rings. The van der Waals surface area contributed by atoms with Crippen molar-refractivity contribution in [2.24, 2.45) is 7.05 Å². The molecule has 0 spiro atoms. The molecule has 0 saturated carbocycles. The maximum Gasteiger partial charge on any atom is 0.171 e. The Morgan fingerprint density at radius 1 is 1.35 bits per heavy atom. The van der Waals surface area contributed by atoms with Gasteiger partial charge in [-0.05, 0) is 25.8 Å². The molecule has 17 heavy (non-hydrogen) atoms. The molecular formula is C12H21N5. The summed E-state index contributed by atoms with van der Waals surface area (Å²) in [5.74, 6) is 0.852. The van der Waals surface area contributed by atoms with Crippen molar-refractivity contribution >= 4 is 11.5 Å². The van der Waals surface area contributed by atoms with E-state index in [1.54, 1.807) is 4.68 Å². The number of nitrogens with one attached hydrogen (secondary N) is 1. The van der Waals surface area contributed by atoms with E-state index >= 15 is 0 Å². The van der Waals surface area contributed by atoms with E-state index < -0.39 is 0 Å². The number of hydrogen-bond acceptors (Lipinski definition) is 4. The van der Waals surface area contributed by atoms with Crippen LogP contribution in [-0.2, 0) is 7.05 Å². The molecule has 0 amide bonds. The number of anilines is 2. The van der Waals surface area contributed by atoms with Crippen LogP contribution in [0.2, 0.25) is 0 Å². The fourth-order valence-corrected chi connectivity index (χ4v) is 3.21. The highest BCUT2D eigenvalue weighted by Gasteiger charge is 2.35. The summed E-state index contributed by atoms with van der Waals surface area (Å²) in [5, 5.41) is 7.90. The summed E-state index contributed by atoms with van der Waals surface area (Å²) >= 11 is 0. The van der Waals surface area contributed by atoms with Crippen LogP contribution in [0, 0.1) is 0 Å². The Bertz CT molecular complexity index is 400. The van der Waals surface area contributed by atoms with E-state index in [2.05, 4.69) is 15.3 Å². The standard InChI is InChI=1S/C12H21N5/c1-16-8-9(13)12(15-16)14-10-5-7-17-6-3-2-4-11(10)17/h8,10-11H,2-7,13H2,1H3,(H,14,15). The number of aryl methyl sites for hydroxylation is 1. The monoisotopic (exact) mass is 235 g/mol. The average Bonchev–Trinajstić information content (AvgIpc) is 2.85. The fourth-order valence-electron chi connectivity index (χ4n) is 3.21. The molecule has 1 aromatic rings. The predicted octanol–water partition coefficient (Wildman–Crippen LogP) is 1.04. The lowest BCUT2D eigenvalue weighted by Gasteiger charge is -2.32. The molecule has 94 valence electrons. The molecule has 3 heterocycles. The van der Waals surface area contributed by atoms with Crippen LogP contribution in [0.25, 0.3) is 0 Å². The number of nitrogens with zero attached hydrogens (tertiary/aromatic N) is 3. The minimum absolute atomic E-state index is 0.521. The Balaban J connectivity index is 1.71. The minimum Gasteiger partial charge on any atom is -0.394 e. The summed E-state index contributed by atoms with van der Waals surface area (Å²) in [6.45, 7) is 2.48. The zero-order valence-corrected chi connectivity index (χ0v) is 10.4. The lowest BCUT2D eigenvalue weighted by atomic mass is 9.99. The number of aromatic nitrogens is 2. The SMILES string of the molecule is Cn1cc(N)c(NC2CCN3CCCCC23)n1. The summed E-state index contributed by atoms with van der Waals surface area (Å²) in [4.78, 5) is 2.61. The zero-order valence-electron chi connectivity index (χ0n) is 10.4. The molecule has 2 saturated heterocycles. The lowest BCUT2D eigenvalue weighted by Crippen LogP contribution is -2.41. The van der Waals surface area contributed by atoms with Crippen molar-refractivity contribution in [3.05, 3.63) is 6.20 Å². The van der Waals surface area contributed by atoms with Crippen molar-refractivity contribution < 1.29 is 0 Å². The largest absolute Gasteiger partial charge is 0.394 e. The summed E-state index contributed by atoms with van der Waals surface area (Å²) in [6.07, 6.45) is 7.09. The van der Waals surface area contributed by atoms with Gasteiger partial charge in [0, 0.05) is 31.9 Å². The van der Waals surface area contributed by atoms with E-state index in [-0.39, 0.29) is 0 Å². The summed E-state index contributed by atoms with van der Waals surface area (Å²) in [6, 6.07) is 1.21. The van der Waals surface area contributed by atoms with Gasteiger partial charge < -0.3 is 11.1 Å². The second kappa shape index (κ2) is 4.22. The van der Waals surface area contributed by atoms with E-state index in [1.165, 1.54) is 38.8 Å². The second-order valence-electron chi connectivity index (χ2n) is 5.25. The first-order chi connectivity index (χ1) is 8.24. The number of hydrogen-bond donors (Lipinski definition) is 2. The molecule has 5 nitrogen and oxygen atoms in total. The average molecular weight is 235 g/mol. The van der Waals surface area contributed by atoms with Crippen LogP contribution in [-0.4, -0.2) is 39.9 Å². The van der Waals surface area contributed by atoms with Gasteiger partial charge in [-0.2, -0.15) is 5.10 Å². The Labute approximate surface area is 102 Å². The van der Waals surface area contributed by atoms with Crippen LogP contribution in [0.4, 0.5) is 11.5 Å². The molecule has 0 bridgehead atoms. The van der Waals surface area contributed by atoms with Gasteiger partial charge in [-0.25, -0.2) is 0 Å². The molecule has 2 aliphatic heterocycles. The molecule has 1 aromatic heterocycles. The summed E-state index contributed by atoms with van der Waals surface area (Å²) in [5.41, 5.74) is 6.68. The maximum absolute atomic E-state index is 5.93. The van der Waals surface area contributed by atoms with Crippen LogP contribution in [0.5, 0.6) is 0 Å². The van der Waals surface area contributed by atoms with Gasteiger partial charge in [0.1, 0.15) is 0 Å². The van der Waals surface area contributed by atoms with Crippen LogP contribution < -0.4 is 11.1 Å². The Morgan fingerprint density at radius 3 is 3.00 bits per heavy atom. The van der Waals surface area contributed by atoms with Crippen molar-refractivity contribution in [2.75, 3.05) is 24.1 Å². The zero-order chi connectivity index (χ0) is 11.8. The van der Waals surface area contributed by atoms with Crippen molar-refractivity contribution in [3.63, 3.8) is 0 Å². The van der Waals surface area contributed by atoms with Gasteiger partial charge in [0.05, 0.1) is 5.69 Å². The van der Waals surface area contributed by atoms with Crippen LogP contribution in [0.1, 0.15) is 25.7 Å². The van der Waals surface area contributed by atoms with E-state index in [4.69, 9.17) is 5.73 Å². The molecule has 5 heteroatoms. The lowest BCUT2D eigenvalue weighted by molar-refractivity contribution is 0.192. The van der Waals surface area contributed by atoms with Gasteiger partial charge in [-0.3, -0.25) is 9.58 Å². The van der Waals surface area contributed by atoms with Gasteiger partial charge >= 0.3 is 0 Å². The molecule has 2 unspecified atom stereocenters. The normalized spacial score (nSPS) is 29.2. The smallest absolute Gasteiger partial charge is 0.171 e. The van der Waals surface area contributed by atoms with Gasteiger partial charge in [0.15, 0.2) is 5.82 Å². The Morgan fingerprint density at radius 2 is 2.24 bits per heavy atom. The fraction of sp³-hybridized carbons (Fsp3) is 0.750. The number of nitrogen functional groups attached to an aromatic ring is 1. The van der Waals surface area contributed by atoms with Gasteiger partial charge in [0.25, 0.3) is 0 Å². The number of rotatable bonds is 2. The Hall–Kier alpha value is -1.23. The van der Waals surface area contributed by atoms with Crippen LogP contribution >= 0.6 is 0 Å².